The van der Waals surface area contributed by atoms with E-state index >= 15 is 0 Å². The number of nitrogens with one attached hydrogen (secondary N) is 1. The van der Waals surface area contributed by atoms with Gasteiger partial charge in [0.05, 0.1) is 5.69 Å². The number of carbonyl (C=O) groups excluding carboxylic acids is 1. The van der Waals surface area contributed by atoms with Crippen LogP contribution in [0.15, 0.2) is 53.5 Å². The van der Waals surface area contributed by atoms with Crippen LogP contribution in [0.25, 0.3) is 0 Å². The van der Waals surface area contributed by atoms with Gasteiger partial charge < -0.3 is 5.32 Å². The van der Waals surface area contributed by atoms with Crippen molar-refractivity contribution < 1.29 is 13.6 Å². The molecule has 25 heavy (non-hydrogen) atoms. The lowest BCUT2D eigenvalue weighted by Gasteiger charge is -2.33. The molecule has 6 heteroatoms. The molecule has 2 aromatic rings. The standard InChI is InChI=1S/C19H19F2N3O/c1-13(23-18-8-6-17(21)7-9-18)24(12-14-10-22-11-14)19(25)15-2-4-16(20)5-3-15/h2-9,14,22H,10-12H2,1H3. The maximum absolute atomic E-state index is 13.1. The Hall–Kier alpha value is -2.60. The van der Waals surface area contributed by atoms with Gasteiger partial charge in [-0.05, 0) is 55.5 Å². The average molecular weight is 343 g/mol. The molecule has 4 nitrogen and oxygen atoms in total. The van der Waals surface area contributed by atoms with E-state index in [2.05, 4.69) is 10.3 Å². The Morgan fingerprint density at radius 3 is 2.16 bits per heavy atom. The number of amides is 1. The van der Waals surface area contributed by atoms with E-state index in [4.69, 9.17) is 0 Å². The van der Waals surface area contributed by atoms with Crippen LogP contribution in [0.2, 0.25) is 0 Å². The summed E-state index contributed by atoms with van der Waals surface area (Å²) in [7, 11) is 0. The van der Waals surface area contributed by atoms with Gasteiger partial charge in [-0.1, -0.05) is 0 Å². The minimum absolute atomic E-state index is 0.227. The molecular weight excluding hydrogens is 324 g/mol. The number of hydrogen-bond acceptors (Lipinski definition) is 3. The molecule has 1 aliphatic heterocycles. The first-order valence-electron chi connectivity index (χ1n) is 8.12. The maximum atomic E-state index is 13.1. The summed E-state index contributed by atoms with van der Waals surface area (Å²) < 4.78 is 26.2. The van der Waals surface area contributed by atoms with Gasteiger partial charge in [0.25, 0.3) is 5.91 Å². The number of carbonyl (C=O) groups is 1. The van der Waals surface area contributed by atoms with Crippen LogP contribution in [-0.2, 0) is 0 Å². The van der Waals surface area contributed by atoms with Crippen LogP contribution < -0.4 is 5.32 Å². The van der Waals surface area contributed by atoms with Gasteiger partial charge in [-0.3, -0.25) is 9.69 Å². The van der Waals surface area contributed by atoms with Crippen LogP contribution >= 0.6 is 0 Å². The zero-order valence-electron chi connectivity index (χ0n) is 13.9. The van der Waals surface area contributed by atoms with Gasteiger partial charge in [0, 0.05) is 31.1 Å². The first kappa shape index (κ1) is 17.2. The number of nitrogens with zero attached hydrogens (tertiary/aromatic N) is 2. The molecular formula is C19H19F2N3O. The lowest BCUT2D eigenvalue weighted by atomic mass is 10.0. The Kier molecular flexibility index (Phi) is 5.19. The highest BCUT2D eigenvalue weighted by Crippen LogP contribution is 2.17. The number of hydrogen-bond donors (Lipinski definition) is 1. The van der Waals surface area contributed by atoms with E-state index < -0.39 is 0 Å². The molecule has 0 aliphatic carbocycles. The van der Waals surface area contributed by atoms with Crippen LogP contribution in [0.3, 0.4) is 0 Å². The molecule has 1 heterocycles. The minimum Gasteiger partial charge on any atom is -0.316 e. The van der Waals surface area contributed by atoms with Crippen molar-refractivity contribution >= 4 is 17.4 Å². The molecule has 3 rings (SSSR count). The quantitative estimate of drug-likeness (QED) is 0.683. The largest absolute Gasteiger partial charge is 0.316 e. The van der Waals surface area contributed by atoms with E-state index in [9.17, 15) is 13.6 Å². The van der Waals surface area contributed by atoms with Gasteiger partial charge in [-0.2, -0.15) is 0 Å². The zero-order chi connectivity index (χ0) is 17.8. The van der Waals surface area contributed by atoms with E-state index in [1.165, 1.54) is 36.4 Å². The van der Waals surface area contributed by atoms with Crippen molar-refractivity contribution in [1.29, 1.82) is 0 Å². The zero-order valence-corrected chi connectivity index (χ0v) is 13.9. The Balaban J connectivity index is 1.86. The van der Waals surface area contributed by atoms with Gasteiger partial charge in [0.1, 0.15) is 17.5 Å². The van der Waals surface area contributed by atoms with Crippen LogP contribution in [0, 0.1) is 17.6 Å². The number of rotatable bonds is 4. The highest BCUT2D eigenvalue weighted by Gasteiger charge is 2.26. The summed E-state index contributed by atoms with van der Waals surface area (Å²) in [6, 6.07) is 11.2. The Bertz CT molecular complexity index is 768. The molecule has 1 N–H and O–H groups in total. The maximum Gasteiger partial charge on any atom is 0.259 e. The third kappa shape index (κ3) is 4.28. The second-order valence-electron chi connectivity index (χ2n) is 6.08. The summed E-state index contributed by atoms with van der Waals surface area (Å²) in [5.74, 6) is -0.0785. The van der Waals surface area contributed by atoms with Crippen LogP contribution in [0.4, 0.5) is 14.5 Å². The molecule has 0 bridgehead atoms. The fourth-order valence-electron chi connectivity index (χ4n) is 2.61. The summed E-state index contributed by atoms with van der Waals surface area (Å²) in [5.41, 5.74) is 0.977. The number of amidine groups is 1. The normalized spacial score (nSPS) is 14.9. The molecule has 1 amide bonds. The van der Waals surface area contributed by atoms with E-state index in [-0.39, 0.29) is 17.5 Å². The molecule has 0 radical (unpaired) electrons. The fourth-order valence-corrected chi connectivity index (χ4v) is 2.61. The van der Waals surface area contributed by atoms with Crippen molar-refractivity contribution in [3.8, 4) is 0 Å². The number of aliphatic imine (C=N–C) groups is 1. The summed E-state index contributed by atoms with van der Waals surface area (Å²) >= 11 is 0. The predicted octanol–water partition coefficient (Wildman–Crippen LogP) is 3.38. The smallest absolute Gasteiger partial charge is 0.259 e. The van der Waals surface area contributed by atoms with Crippen LogP contribution in [0.5, 0.6) is 0 Å². The summed E-state index contributed by atoms with van der Waals surface area (Å²) in [6.07, 6.45) is 0. The van der Waals surface area contributed by atoms with Gasteiger partial charge in [-0.25, -0.2) is 13.8 Å². The van der Waals surface area contributed by atoms with Crippen molar-refractivity contribution in [2.24, 2.45) is 10.9 Å². The van der Waals surface area contributed by atoms with E-state index in [1.807, 2.05) is 0 Å². The van der Waals surface area contributed by atoms with Gasteiger partial charge in [0.2, 0.25) is 0 Å². The molecule has 0 saturated carbocycles. The van der Waals surface area contributed by atoms with Crippen LogP contribution in [0.1, 0.15) is 17.3 Å². The SMILES string of the molecule is CC(=Nc1ccc(F)cc1)N(CC1CNC1)C(=O)c1ccc(F)cc1. The van der Waals surface area contributed by atoms with Crippen molar-refractivity contribution in [3.05, 3.63) is 65.7 Å². The Morgan fingerprint density at radius 2 is 1.64 bits per heavy atom. The molecule has 1 aliphatic rings. The van der Waals surface area contributed by atoms with Crippen molar-refractivity contribution in [2.45, 2.75) is 6.92 Å². The third-order valence-electron chi connectivity index (χ3n) is 4.15. The highest BCUT2D eigenvalue weighted by atomic mass is 19.1. The van der Waals surface area contributed by atoms with Gasteiger partial charge in [0.15, 0.2) is 0 Å². The van der Waals surface area contributed by atoms with Crippen molar-refractivity contribution in [1.82, 2.24) is 10.2 Å². The molecule has 0 atom stereocenters. The summed E-state index contributed by atoms with van der Waals surface area (Å²) in [5, 5.41) is 3.18. The second kappa shape index (κ2) is 7.53. The molecule has 0 aromatic heterocycles. The average Bonchev–Trinajstić information content (AvgIpc) is 2.56. The molecule has 1 saturated heterocycles. The topological polar surface area (TPSA) is 44.7 Å². The molecule has 1 fully saturated rings. The Labute approximate surface area is 145 Å². The molecule has 0 spiro atoms. The number of halogens is 2. The molecule has 2 aromatic carbocycles. The highest BCUT2D eigenvalue weighted by molar-refractivity contribution is 6.06. The monoisotopic (exact) mass is 343 g/mol. The fraction of sp³-hybridized carbons (Fsp3) is 0.263. The number of benzene rings is 2. The van der Waals surface area contributed by atoms with E-state index in [0.29, 0.717) is 29.5 Å². The summed E-state index contributed by atoms with van der Waals surface area (Å²) in [4.78, 5) is 18.9. The van der Waals surface area contributed by atoms with E-state index in [1.54, 1.807) is 24.0 Å². The first-order chi connectivity index (χ1) is 12.0. The second-order valence-corrected chi connectivity index (χ2v) is 6.08. The van der Waals surface area contributed by atoms with E-state index in [0.717, 1.165) is 13.1 Å². The van der Waals surface area contributed by atoms with Crippen molar-refractivity contribution in [3.63, 3.8) is 0 Å². The lowest BCUT2D eigenvalue weighted by Crippen LogP contribution is -2.50. The van der Waals surface area contributed by atoms with Gasteiger partial charge >= 0.3 is 0 Å². The predicted molar refractivity (Wildman–Crippen MR) is 93.0 cm³/mol. The molecule has 0 unspecified atom stereocenters. The third-order valence-corrected chi connectivity index (χ3v) is 4.15. The Morgan fingerprint density at radius 1 is 1.08 bits per heavy atom. The first-order valence-corrected chi connectivity index (χ1v) is 8.12. The summed E-state index contributed by atoms with van der Waals surface area (Å²) in [6.45, 7) is 3.96. The molecule has 130 valence electrons. The van der Waals surface area contributed by atoms with Gasteiger partial charge in [-0.15, -0.1) is 0 Å². The van der Waals surface area contributed by atoms with Crippen molar-refractivity contribution in [2.75, 3.05) is 19.6 Å². The van der Waals surface area contributed by atoms with Crippen LogP contribution in [-0.4, -0.2) is 36.3 Å². The lowest BCUT2D eigenvalue weighted by molar-refractivity contribution is 0.0817. The minimum atomic E-state index is -0.386.